The molecule has 1 N–H and O–H groups in total. The van der Waals surface area contributed by atoms with E-state index >= 15 is 0 Å². The van der Waals surface area contributed by atoms with Gasteiger partial charge in [-0.05, 0) is 51.4 Å². The molecule has 5 nitrogen and oxygen atoms in total. The number of likely N-dealkylation sites (tertiary alicyclic amines) is 1. The molecule has 1 aromatic heterocycles. The lowest BCUT2D eigenvalue weighted by molar-refractivity contribution is -0.123. The molecule has 3 rings (SSSR count). The first-order chi connectivity index (χ1) is 11.1. The molecule has 2 aromatic rings. The Kier molecular flexibility index (Phi) is 4.82. The van der Waals surface area contributed by atoms with Gasteiger partial charge in [0.15, 0.2) is 5.13 Å². The Morgan fingerprint density at radius 3 is 3.00 bits per heavy atom. The van der Waals surface area contributed by atoms with Gasteiger partial charge in [-0.2, -0.15) is 0 Å². The van der Waals surface area contributed by atoms with Crippen LogP contribution < -0.4 is 10.1 Å². The van der Waals surface area contributed by atoms with E-state index in [0.717, 1.165) is 35.4 Å². The Balaban J connectivity index is 1.76. The number of fused-ring (bicyclic) bond motifs is 1. The molecule has 1 aliphatic rings. The highest BCUT2D eigenvalue weighted by Gasteiger charge is 2.30. The average Bonchev–Trinajstić information content (AvgIpc) is 2.95. The van der Waals surface area contributed by atoms with Gasteiger partial charge in [-0.25, -0.2) is 4.98 Å². The molecule has 0 saturated carbocycles. The number of carbonyl (C=O) groups excluding carboxylic acids is 1. The molecule has 1 fully saturated rings. The summed E-state index contributed by atoms with van der Waals surface area (Å²) >= 11 is 1.49. The highest BCUT2D eigenvalue weighted by Crippen LogP contribution is 2.30. The number of ether oxygens (including phenoxy) is 1. The van der Waals surface area contributed by atoms with Crippen LogP contribution in [-0.2, 0) is 4.79 Å². The fourth-order valence-electron chi connectivity index (χ4n) is 3.13. The van der Waals surface area contributed by atoms with E-state index < -0.39 is 0 Å². The van der Waals surface area contributed by atoms with Gasteiger partial charge in [-0.1, -0.05) is 17.8 Å². The van der Waals surface area contributed by atoms with E-state index in [9.17, 15) is 4.79 Å². The van der Waals surface area contributed by atoms with Crippen LogP contribution >= 0.6 is 11.3 Å². The normalized spacial score (nSPS) is 19.2. The lowest BCUT2D eigenvalue weighted by Crippen LogP contribution is -2.50. The lowest BCUT2D eigenvalue weighted by Gasteiger charge is -2.37. The molecule has 124 valence electrons. The topological polar surface area (TPSA) is 54.5 Å². The molecule has 1 aromatic carbocycles. The van der Waals surface area contributed by atoms with Crippen LogP contribution in [0.15, 0.2) is 18.2 Å². The van der Waals surface area contributed by atoms with Crippen LogP contribution in [0.4, 0.5) is 5.13 Å². The van der Waals surface area contributed by atoms with Gasteiger partial charge in [-0.15, -0.1) is 0 Å². The van der Waals surface area contributed by atoms with E-state index in [-0.39, 0.29) is 11.9 Å². The zero-order valence-electron chi connectivity index (χ0n) is 13.8. The molecule has 1 saturated heterocycles. The predicted octanol–water partition coefficient (Wildman–Crippen LogP) is 3.51. The summed E-state index contributed by atoms with van der Waals surface area (Å²) < 4.78 is 6.25. The van der Waals surface area contributed by atoms with E-state index in [4.69, 9.17) is 4.74 Å². The van der Waals surface area contributed by atoms with Crippen LogP contribution in [0.3, 0.4) is 0 Å². The molecule has 0 radical (unpaired) electrons. The van der Waals surface area contributed by atoms with Crippen molar-refractivity contribution in [3.8, 4) is 5.75 Å². The Labute approximate surface area is 140 Å². The average molecular weight is 333 g/mol. The summed E-state index contributed by atoms with van der Waals surface area (Å²) in [6, 6.07) is 6.08. The van der Waals surface area contributed by atoms with Gasteiger partial charge >= 0.3 is 0 Å². The number of nitrogens with one attached hydrogen (secondary N) is 1. The zero-order valence-corrected chi connectivity index (χ0v) is 14.7. The maximum absolute atomic E-state index is 12.7. The van der Waals surface area contributed by atoms with Crippen molar-refractivity contribution in [3.05, 3.63) is 18.2 Å². The van der Waals surface area contributed by atoms with Crippen LogP contribution in [0.1, 0.15) is 33.1 Å². The molecule has 2 heterocycles. The predicted molar refractivity (Wildman–Crippen MR) is 94.3 cm³/mol. The third-order valence-electron chi connectivity index (χ3n) is 4.34. The number of amides is 1. The maximum Gasteiger partial charge on any atom is 0.243 e. The number of aromatic nitrogens is 1. The van der Waals surface area contributed by atoms with Gasteiger partial charge in [0.1, 0.15) is 5.75 Å². The second kappa shape index (κ2) is 6.84. The molecule has 0 spiro atoms. The Bertz CT molecular complexity index is 698. The van der Waals surface area contributed by atoms with Crippen molar-refractivity contribution in [2.45, 2.75) is 45.2 Å². The molecule has 1 unspecified atom stereocenters. The minimum Gasteiger partial charge on any atom is -0.497 e. The van der Waals surface area contributed by atoms with Gasteiger partial charge in [0, 0.05) is 6.04 Å². The summed E-state index contributed by atoms with van der Waals surface area (Å²) in [4.78, 5) is 19.5. The van der Waals surface area contributed by atoms with E-state index in [2.05, 4.69) is 29.0 Å². The second-order valence-corrected chi connectivity index (χ2v) is 7.22. The Morgan fingerprint density at radius 2 is 2.26 bits per heavy atom. The van der Waals surface area contributed by atoms with Crippen LogP contribution in [0.2, 0.25) is 0 Å². The highest BCUT2D eigenvalue weighted by molar-refractivity contribution is 7.22. The first-order valence-electron chi connectivity index (χ1n) is 8.09. The first-order valence-corrected chi connectivity index (χ1v) is 8.91. The second-order valence-electron chi connectivity index (χ2n) is 6.19. The summed E-state index contributed by atoms with van der Waals surface area (Å²) in [7, 11) is 1.65. The van der Waals surface area contributed by atoms with E-state index in [1.807, 2.05) is 18.2 Å². The molecule has 0 bridgehead atoms. The van der Waals surface area contributed by atoms with Gasteiger partial charge in [0.25, 0.3) is 0 Å². The number of thiazole rings is 1. The molecule has 0 aliphatic carbocycles. The van der Waals surface area contributed by atoms with Gasteiger partial charge < -0.3 is 10.1 Å². The molecular formula is C17H23N3O2S. The third-order valence-corrected chi connectivity index (χ3v) is 5.27. The fraction of sp³-hybridized carbons (Fsp3) is 0.529. The maximum atomic E-state index is 12.7. The van der Waals surface area contributed by atoms with Crippen LogP contribution in [0.25, 0.3) is 10.2 Å². The van der Waals surface area contributed by atoms with E-state index in [1.54, 1.807) is 7.11 Å². The highest BCUT2D eigenvalue weighted by atomic mass is 32.1. The number of piperidine rings is 1. The number of hydrogen-bond acceptors (Lipinski definition) is 5. The summed E-state index contributed by atoms with van der Waals surface area (Å²) in [5.74, 6) is 0.863. The van der Waals surface area contributed by atoms with Crippen molar-refractivity contribution in [1.29, 1.82) is 0 Å². The van der Waals surface area contributed by atoms with Crippen molar-refractivity contribution in [2.75, 3.05) is 19.0 Å². The lowest BCUT2D eigenvalue weighted by atomic mass is 10.00. The van der Waals surface area contributed by atoms with Gasteiger partial charge in [0.2, 0.25) is 5.91 Å². The molecule has 23 heavy (non-hydrogen) atoms. The van der Waals surface area contributed by atoms with Gasteiger partial charge in [-0.3, -0.25) is 9.69 Å². The van der Waals surface area contributed by atoms with E-state index in [1.165, 1.54) is 17.8 Å². The van der Waals surface area contributed by atoms with E-state index in [0.29, 0.717) is 11.2 Å². The zero-order chi connectivity index (χ0) is 16.4. The van der Waals surface area contributed by atoms with Crippen molar-refractivity contribution in [3.63, 3.8) is 0 Å². The standard InChI is InChI=1S/C17H23N3O2S/c1-11(2)20-9-5-4-6-14(20)16(21)19-17-18-13-8-7-12(22-3)10-15(13)23-17/h7-8,10-11,14H,4-6,9H2,1-3H3,(H,18,19,21). The number of benzene rings is 1. The fourth-order valence-corrected chi connectivity index (χ4v) is 4.02. The number of rotatable bonds is 4. The minimum atomic E-state index is -0.0506. The number of nitrogens with zero attached hydrogens (tertiary/aromatic N) is 2. The van der Waals surface area contributed by atoms with Crippen molar-refractivity contribution in [1.82, 2.24) is 9.88 Å². The summed E-state index contributed by atoms with van der Waals surface area (Å²) in [5.41, 5.74) is 0.885. The third kappa shape index (κ3) is 3.48. The monoisotopic (exact) mass is 333 g/mol. The van der Waals surface area contributed by atoms with Crippen molar-refractivity contribution in [2.24, 2.45) is 0 Å². The molecule has 1 amide bonds. The van der Waals surface area contributed by atoms with Crippen molar-refractivity contribution >= 4 is 32.6 Å². The summed E-state index contributed by atoms with van der Waals surface area (Å²) in [5, 5.41) is 3.67. The SMILES string of the molecule is COc1ccc2nc(NC(=O)C3CCCCN3C(C)C)sc2c1. The molecule has 1 aliphatic heterocycles. The first kappa shape index (κ1) is 16.2. The van der Waals surface area contributed by atoms with Gasteiger partial charge in [0.05, 0.1) is 23.4 Å². The molecule has 1 atom stereocenters. The molecular weight excluding hydrogens is 310 g/mol. The van der Waals surface area contributed by atoms with Crippen LogP contribution in [-0.4, -0.2) is 41.5 Å². The van der Waals surface area contributed by atoms with Crippen molar-refractivity contribution < 1.29 is 9.53 Å². The number of hydrogen-bond donors (Lipinski definition) is 1. The summed E-state index contributed by atoms with van der Waals surface area (Å²) in [6.45, 7) is 5.29. The quantitative estimate of drug-likeness (QED) is 0.930. The Morgan fingerprint density at radius 1 is 1.43 bits per heavy atom. The smallest absolute Gasteiger partial charge is 0.243 e. The summed E-state index contributed by atoms with van der Waals surface area (Å²) in [6.07, 6.45) is 3.20. The number of carbonyl (C=O) groups is 1. The van der Waals surface area contributed by atoms with Crippen LogP contribution in [0, 0.1) is 0 Å². The largest absolute Gasteiger partial charge is 0.497 e. The number of methoxy groups -OCH3 is 1. The molecule has 6 heteroatoms. The van der Waals surface area contributed by atoms with Crippen LogP contribution in [0.5, 0.6) is 5.75 Å². The Hall–Kier alpha value is -1.66. The minimum absolute atomic E-state index is 0.0506. The number of anilines is 1.